The van der Waals surface area contributed by atoms with Crippen molar-refractivity contribution in [2.24, 2.45) is 23.2 Å². The summed E-state index contributed by atoms with van der Waals surface area (Å²) in [4.78, 5) is 81.3. The number of nitrogens with one attached hydrogen (secondary N) is 3. The lowest BCUT2D eigenvalue weighted by atomic mass is 9.82. The van der Waals surface area contributed by atoms with Gasteiger partial charge in [-0.2, -0.15) is 0 Å². The Balaban J connectivity index is 1.60. The van der Waals surface area contributed by atoms with Gasteiger partial charge in [0.2, 0.25) is 23.7 Å². The van der Waals surface area contributed by atoms with Crippen LogP contribution in [-0.2, 0) is 33.5 Å². The Morgan fingerprint density at radius 1 is 1.04 bits per heavy atom. The molecule has 4 amide bonds. The van der Waals surface area contributed by atoms with E-state index in [9.17, 15) is 28.8 Å². The van der Waals surface area contributed by atoms with Gasteiger partial charge in [-0.05, 0) is 42.4 Å². The van der Waals surface area contributed by atoms with E-state index >= 15 is 0 Å². The maximum atomic E-state index is 14.5. The Labute approximate surface area is 271 Å². The molecule has 1 aliphatic heterocycles. The van der Waals surface area contributed by atoms with Crippen LogP contribution in [0.15, 0.2) is 43.0 Å². The van der Waals surface area contributed by atoms with E-state index < -0.39 is 53.7 Å². The second kappa shape index (κ2) is 15.0. The molecule has 11 nitrogen and oxygen atoms in total. The standard InChI is InChI=1S/C35H48N4O7/c1-6-14-25(29(41)32(43)36-19-7-2)37-31(42)28-26-24(35(26,4)5)20-39(28)34(45)27(22-15-10-8-11-16-22)38-33(44)30(46-21(3)40)23-17-12-9-13-18-23/h7,9,12-13,17-18,22,24-28,30H,2,6,8,10-11,14-16,19-20H2,1,3-5H3,(H,36,43)(H,37,42)(H,38,44)/t24?,25?,26-,27-,28-,30-/m0/s1. The molecule has 3 fully saturated rings. The summed E-state index contributed by atoms with van der Waals surface area (Å²) in [7, 11) is 0. The number of nitrogens with zero attached hydrogens (tertiary/aromatic N) is 1. The summed E-state index contributed by atoms with van der Waals surface area (Å²) in [6.45, 7) is 11.2. The molecule has 1 saturated heterocycles. The third kappa shape index (κ3) is 7.67. The lowest BCUT2D eigenvalue weighted by Crippen LogP contribution is -2.60. The summed E-state index contributed by atoms with van der Waals surface area (Å²) in [6.07, 6.45) is 5.36. The predicted molar refractivity (Wildman–Crippen MR) is 171 cm³/mol. The topological polar surface area (TPSA) is 151 Å². The number of ketones is 1. The Morgan fingerprint density at radius 2 is 1.72 bits per heavy atom. The van der Waals surface area contributed by atoms with Gasteiger partial charge in [-0.25, -0.2) is 0 Å². The lowest BCUT2D eigenvalue weighted by molar-refractivity contribution is -0.156. The first-order valence-corrected chi connectivity index (χ1v) is 16.5. The van der Waals surface area contributed by atoms with E-state index in [-0.39, 0.29) is 42.0 Å². The molecular weight excluding hydrogens is 588 g/mol. The van der Waals surface area contributed by atoms with Crippen molar-refractivity contribution in [1.29, 1.82) is 0 Å². The number of hydrogen-bond donors (Lipinski definition) is 3. The number of amides is 4. The Hall–Kier alpha value is -4.02. The minimum atomic E-state index is -1.24. The van der Waals surface area contributed by atoms with Crippen molar-refractivity contribution in [3.05, 3.63) is 48.6 Å². The second-order valence-corrected chi connectivity index (χ2v) is 13.4. The average Bonchev–Trinajstić information content (AvgIpc) is 3.35. The summed E-state index contributed by atoms with van der Waals surface area (Å²) < 4.78 is 5.43. The SMILES string of the molecule is C=CCNC(=O)C(=O)C(CCC)NC(=O)[C@@H]1[C@@H]2C(CN1C(=O)[C@@H](NC(=O)[C@@H](OC(C)=O)c1ccccc1)C1CCCCC1)C2(C)C. The molecule has 6 atom stereocenters. The van der Waals surface area contributed by atoms with Crippen molar-refractivity contribution in [1.82, 2.24) is 20.9 Å². The van der Waals surface area contributed by atoms with Crippen molar-refractivity contribution in [2.75, 3.05) is 13.1 Å². The number of ether oxygens (including phenoxy) is 1. The maximum absolute atomic E-state index is 14.5. The van der Waals surface area contributed by atoms with Crippen LogP contribution in [0.1, 0.15) is 84.3 Å². The minimum absolute atomic E-state index is 0.0734. The summed E-state index contributed by atoms with van der Waals surface area (Å²) in [5.74, 6) is -3.84. The highest BCUT2D eigenvalue weighted by atomic mass is 16.5. The molecule has 4 rings (SSSR count). The number of Topliss-reactive ketones (excluding diaryl/α,β-unsaturated/α-hetero) is 1. The number of likely N-dealkylation sites (tertiary alicyclic amines) is 1. The molecule has 46 heavy (non-hydrogen) atoms. The molecule has 0 aromatic heterocycles. The Bertz CT molecular complexity index is 1320. The highest BCUT2D eigenvalue weighted by Gasteiger charge is 2.69. The molecular formula is C35H48N4O7. The third-order valence-electron chi connectivity index (χ3n) is 9.91. The molecule has 1 aromatic carbocycles. The third-order valence-corrected chi connectivity index (χ3v) is 9.91. The fourth-order valence-corrected chi connectivity index (χ4v) is 7.36. The average molecular weight is 637 g/mol. The van der Waals surface area contributed by atoms with E-state index in [4.69, 9.17) is 4.74 Å². The molecule has 1 heterocycles. The van der Waals surface area contributed by atoms with Crippen LogP contribution in [0.25, 0.3) is 0 Å². The number of hydrogen-bond acceptors (Lipinski definition) is 7. The normalized spacial score (nSPS) is 23.6. The van der Waals surface area contributed by atoms with Crippen molar-refractivity contribution in [3.63, 3.8) is 0 Å². The number of benzene rings is 1. The van der Waals surface area contributed by atoms with Crippen molar-refractivity contribution in [2.45, 2.75) is 96.9 Å². The largest absolute Gasteiger partial charge is 0.447 e. The van der Waals surface area contributed by atoms with E-state index in [2.05, 4.69) is 36.4 Å². The monoisotopic (exact) mass is 636 g/mol. The van der Waals surface area contributed by atoms with Crippen LogP contribution >= 0.6 is 0 Å². The highest BCUT2D eigenvalue weighted by molar-refractivity contribution is 6.38. The minimum Gasteiger partial charge on any atom is -0.447 e. The molecule has 3 aliphatic rings. The van der Waals surface area contributed by atoms with Gasteiger partial charge in [-0.15, -0.1) is 6.58 Å². The van der Waals surface area contributed by atoms with Gasteiger partial charge in [0.1, 0.15) is 12.1 Å². The van der Waals surface area contributed by atoms with Crippen molar-refractivity contribution in [3.8, 4) is 0 Å². The number of rotatable bonds is 14. The van der Waals surface area contributed by atoms with Crippen molar-refractivity contribution >= 4 is 35.4 Å². The zero-order valence-corrected chi connectivity index (χ0v) is 27.4. The van der Waals surface area contributed by atoms with Gasteiger partial charge in [0, 0.05) is 25.6 Å². The van der Waals surface area contributed by atoms with Gasteiger partial charge in [0.05, 0.1) is 6.04 Å². The molecule has 11 heteroatoms. The smallest absolute Gasteiger partial charge is 0.303 e. The van der Waals surface area contributed by atoms with E-state index in [1.165, 1.54) is 13.0 Å². The zero-order valence-electron chi connectivity index (χ0n) is 27.4. The number of carbonyl (C=O) groups excluding carboxylic acids is 6. The van der Waals surface area contributed by atoms with Crippen LogP contribution in [0.5, 0.6) is 0 Å². The van der Waals surface area contributed by atoms with Gasteiger partial charge in [0.25, 0.3) is 11.8 Å². The van der Waals surface area contributed by atoms with Gasteiger partial charge in [0.15, 0.2) is 0 Å². The van der Waals surface area contributed by atoms with Gasteiger partial charge in [-0.3, -0.25) is 28.8 Å². The molecule has 3 N–H and O–H groups in total. The van der Waals surface area contributed by atoms with Gasteiger partial charge in [-0.1, -0.05) is 82.9 Å². The quantitative estimate of drug-likeness (QED) is 0.161. The fourth-order valence-electron chi connectivity index (χ4n) is 7.36. The molecule has 0 bridgehead atoms. The Morgan fingerprint density at radius 3 is 2.33 bits per heavy atom. The summed E-state index contributed by atoms with van der Waals surface area (Å²) in [6, 6.07) is 5.82. The number of esters is 1. The molecule has 2 aliphatic carbocycles. The first-order chi connectivity index (χ1) is 21.9. The molecule has 2 unspecified atom stereocenters. The van der Waals surface area contributed by atoms with E-state index in [1.807, 2.05) is 6.92 Å². The zero-order chi connectivity index (χ0) is 33.6. The highest BCUT2D eigenvalue weighted by Crippen LogP contribution is 2.65. The molecule has 250 valence electrons. The number of fused-ring (bicyclic) bond motifs is 1. The summed E-state index contributed by atoms with van der Waals surface area (Å²) >= 11 is 0. The van der Waals surface area contributed by atoms with E-state index in [1.54, 1.807) is 35.2 Å². The van der Waals surface area contributed by atoms with E-state index in [0.717, 1.165) is 32.1 Å². The van der Waals surface area contributed by atoms with Crippen LogP contribution < -0.4 is 16.0 Å². The van der Waals surface area contributed by atoms with Crippen molar-refractivity contribution < 1.29 is 33.5 Å². The van der Waals surface area contributed by atoms with Gasteiger partial charge < -0.3 is 25.6 Å². The van der Waals surface area contributed by atoms with Crippen LogP contribution in [-0.4, -0.2) is 71.5 Å². The van der Waals surface area contributed by atoms with E-state index in [0.29, 0.717) is 18.5 Å². The Kier molecular flexibility index (Phi) is 11.4. The molecule has 0 spiro atoms. The maximum Gasteiger partial charge on any atom is 0.303 e. The second-order valence-electron chi connectivity index (χ2n) is 13.4. The molecule has 2 saturated carbocycles. The summed E-state index contributed by atoms with van der Waals surface area (Å²) in [5.41, 5.74) is 0.289. The molecule has 1 aromatic rings. The predicted octanol–water partition coefficient (Wildman–Crippen LogP) is 3.00. The fraction of sp³-hybridized carbons (Fsp3) is 0.600. The first kappa shape index (κ1) is 34.8. The number of carbonyl (C=O) groups is 6. The lowest BCUT2D eigenvalue weighted by Gasteiger charge is -2.37. The number of piperidine rings is 1. The van der Waals surface area contributed by atoms with Crippen LogP contribution in [0, 0.1) is 23.2 Å². The molecule has 0 radical (unpaired) electrons. The van der Waals surface area contributed by atoms with Crippen LogP contribution in [0.3, 0.4) is 0 Å². The van der Waals surface area contributed by atoms with Gasteiger partial charge >= 0.3 is 5.97 Å². The summed E-state index contributed by atoms with van der Waals surface area (Å²) in [5, 5.41) is 8.22. The van der Waals surface area contributed by atoms with Crippen LogP contribution in [0.2, 0.25) is 0 Å². The first-order valence-electron chi connectivity index (χ1n) is 16.5. The van der Waals surface area contributed by atoms with Crippen LogP contribution in [0.4, 0.5) is 0 Å².